The maximum Gasteiger partial charge on any atom is 0.320 e. The molecule has 0 aromatic heterocycles. The highest BCUT2D eigenvalue weighted by Gasteiger charge is 2.30. The van der Waals surface area contributed by atoms with Crippen LogP contribution in [0.3, 0.4) is 0 Å². The summed E-state index contributed by atoms with van der Waals surface area (Å²) in [4.78, 5) is 23.6. The monoisotopic (exact) mass is 249 g/mol. The first-order valence-corrected chi connectivity index (χ1v) is 5.83. The van der Waals surface area contributed by atoms with Gasteiger partial charge in [0.05, 0.1) is 0 Å². The summed E-state index contributed by atoms with van der Waals surface area (Å²) < 4.78 is 0. The lowest BCUT2D eigenvalue weighted by atomic mass is 10.1. The van der Waals surface area contributed by atoms with E-state index in [1.54, 1.807) is 0 Å². The minimum Gasteiger partial charge on any atom is -0.481 e. The van der Waals surface area contributed by atoms with E-state index in [0.717, 1.165) is 11.1 Å². The highest BCUT2D eigenvalue weighted by Crippen LogP contribution is 2.25. The average Bonchev–Trinajstić information content (AvgIpc) is 2.71. The molecule has 5 nitrogen and oxygen atoms in total. The third-order valence-corrected chi connectivity index (χ3v) is 3.22. The quantitative estimate of drug-likeness (QED) is 0.823. The molecule has 1 atom stereocenters. The summed E-state index contributed by atoms with van der Waals surface area (Å²) in [5.74, 6) is -1.91. The number of aliphatic carboxylic acids is 2. The molecule has 0 spiro atoms. The fraction of sp³-hybridized carbons (Fsp3) is 0.385. The summed E-state index contributed by atoms with van der Waals surface area (Å²) in [6.07, 6.45) is 0.0163. The van der Waals surface area contributed by atoms with E-state index in [-0.39, 0.29) is 12.8 Å². The molecule has 18 heavy (non-hydrogen) atoms. The second kappa shape index (κ2) is 5.18. The Hall–Kier alpha value is -1.88. The Kier molecular flexibility index (Phi) is 3.62. The van der Waals surface area contributed by atoms with Crippen LogP contribution in [0.5, 0.6) is 0 Å². The van der Waals surface area contributed by atoms with Crippen LogP contribution in [0.25, 0.3) is 0 Å². The zero-order valence-corrected chi connectivity index (χ0v) is 9.87. The number of carboxylic acid groups (broad SMARTS) is 2. The number of fused-ring (bicyclic) bond motifs is 1. The Balaban J connectivity index is 2.06. The van der Waals surface area contributed by atoms with Gasteiger partial charge in [-0.2, -0.15) is 0 Å². The third kappa shape index (κ3) is 2.68. The second-order valence-corrected chi connectivity index (χ2v) is 4.46. The minimum absolute atomic E-state index is 0.121. The van der Waals surface area contributed by atoms with Crippen LogP contribution < -0.4 is 0 Å². The van der Waals surface area contributed by atoms with Crippen LogP contribution in [0.2, 0.25) is 0 Å². The Morgan fingerprint density at radius 2 is 1.72 bits per heavy atom. The number of hydrogen-bond donors (Lipinski definition) is 2. The van der Waals surface area contributed by atoms with Crippen molar-refractivity contribution in [1.29, 1.82) is 0 Å². The molecule has 0 saturated carbocycles. The Bertz CT molecular complexity index is 447. The molecule has 0 unspecified atom stereocenters. The molecule has 1 aliphatic rings. The van der Waals surface area contributed by atoms with Gasteiger partial charge in [-0.3, -0.25) is 14.5 Å². The van der Waals surface area contributed by atoms with E-state index in [9.17, 15) is 14.7 Å². The van der Waals surface area contributed by atoms with E-state index in [0.29, 0.717) is 13.1 Å². The van der Waals surface area contributed by atoms with E-state index in [2.05, 4.69) is 0 Å². The van der Waals surface area contributed by atoms with Crippen LogP contribution in [-0.2, 0) is 22.7 Å². The zero-order chi connectivity index (χ0) is 13.1. The van der Waals surface area contributed by atoms with Crippen LogP contribution >= 0.6 is 0 Å². The molecule has 0 amide bonds. The lowest BCUT2D eigenvalue weighted by molar-refractivity contribution is -0.144. The molecule has 0 bridgehead atoms. The second-order valence-electron chi connectivity index (χ2n) is 4.46. The summed E-state index contributed by atoms with van der Waals surface area (Å²) in [5.41, 5.74) is 2.25. The normalized spacial score (nSPS) is 16.2. The first-order valence-electron chi connectivity index (χ1n) is 5.83. The van der Waals surface area contributed by atoms with Gasteiger partial charge >= 0.3 is 11.9 Å². The van der Waals surface area contributed by atoms with Crippen molar-refractivity contribution in [2.45, 2.75) is 32.0 Å². The van der Waals surface area contributed by atoms with Crippen molar-refractivity contribution in [3.63, 3.8) is 0 Å². The number of rotatable bonds is 5. The predicted molar refractivity (Wildman–Crippen MR) is 64.0 cm³/mol. The van der Waals surface area contributed by atoms with Gasteiger partial charge < -0.3 is 10.2 Å². The molecule has 96 valence electrons. The van der Waals surface area contributed by atoms with Crippen molar-refractivity contribution >= 4 is 11.9 Å². The Labute approximate surface area is 105 Å². The van der Waals surface area contributed by atoms with Crippen LogP contribution in [-0.4, -0.2) is 33.1 Å². The summed E-state index contributed by atoms with van der Waals surface area (Å²) >= 11 is 0. The topological polar surface area (TPSA) is 77.8 Å². The molecule has 5 heteroatoms. The first kappa shape index (κ1) is 12.6. The summed E-state index contributed by atoms with van der Waals surface area (Å²) in [5, 5.41) is 17.8. The van der Waals surface area contributed by atoms with Gasteiger partial charge in [0.2, 0.25) is 0 Å². The van der Waals surface area contributed by atoms with Gasteiger partial charge in [0, 0.05) is 19.5 Å². The smallest absolute Gasteiger partial charge is 0.320 e. The molecule has 1 aliphatic heterocycles. The van der Waals surface area contributed by atoms with E-state index in [1.807, 2.05) is 29.2 Å². The molecular formula is C13H15NO4. The van der Waals surface area contributed by atoms with Crippen molar-refractivity contribution < 1.29 is 19.8 Å². The van der Waals surface area contributed by atoms with Crippen LogP contribution in [0.4, 0.5) is 0 Å². The average molecular weight is 249 g/mol. The number of carboxylic acids is 2. The fourth-order valence-corrected chi connectivity index (χ4v) is 2.30. The van der Waals surface area contributed by atoms with Crippen molar-refractivity contribution in [3.8, 4) is 0 Å². The number of benzene rings is 1. The molecule has 1 aromatic carbocycles. The van der Waals surface area contributed by atoms with Gasteiger partial charge in [0.1, 0.15) is 6.04 Å². The van der Waals surface area contributed by atoms with E-state index in [1.165, 1.54) is 0 Å². The zero-order valence-electron chi connectivity index (χ0n) is 9.87. The van der Waals surface area contributed by atoms with Crippen LogP contribution in [0.15, 0.2) is 24.3 Å². The summed E-state index contributed by atoms with van der Waals surface area (Å²) in [7, 11) is 0. The highest BCUT2D eigenvalue weighted by atomic mass is 16.4. The molecule has 0 fully saturated rings. The summed E-state index contributed by atoms with van der Waals surface area (Å²) in [6, 6.07) is 7.08. The largest absolute Gasteiger partial charge is 0.481 e. The predicted octanol–water partition coefficient (Wildman–Crippen LogP) is 1.32. The van der Waals surface area contributed by atoms with Gasteiger partial charge in [-0.1, -0.05) is 24.3 Å². The highest BCUT2D eigenvalue weighted by molar-refractivity contribution is 5.75. The van der Waals surface area contributed by atoms with Gasteiger partial charge in [-0.05, 0) is 17.5 Å². The molecule has 0 saturated heterocycles. The van der Waals surface area contributed by atoms with Crippen molar-refractivity contribution in [3.05, 3.63) is 35.4 Å². The van der Waals surface area contributed by atoms with Gasteiger partial charge in [-0.15, -0.1) is 0 Å². The fourth-order valence-electron chi connectivity index (χ4n) is 2.30. The van der Waals surface area contributed by atoms with Crippen LogP contribution in [0, 0.1) is 0 Å². The van der Waals surface area contributed by atoms with E-state index >= 15 is 0 Å². The molecule has 2 rings (SSSR count). The Morgan fingerprint density at radius 1 is 1.17 bits per heavy atom. The van der Waals surface area contributed by atoms with Crippen molar-refractivity contribution in [2.24, 2.45) is 0 Å². The number of nitrogens with zero attached hydrogens (tertiary/aromatic N) is 1. The van der Waals surface area contributed by atoms with Crippen LogP contribution in [0.1, 0.15) is 24.0 Å². The molecule has 1 aromatic rings. The number of hydrogen-bond acceptors (Lipinski definition) is 3. The molecule has 0 aliphatic carbocycles. The molecule has 2 N–H and O–H groups in total. The van der Waals surface area contributed by atoms with Gasteiger partial charge in [0.25, 0.3) is 0 Å². The number of carbonyl (C=O) groups is 2. The maximum atomic E-state index is 11.2. The van der Waals surface area contributed by atoms with Gasteiger partial charge in [-0.25, -0.2) is 0 Å². The standard InChI is InChI=1S/C13H15NO4/c15-12(16)6-5-11(13(17)18)14-7-9-3-1-2-4-10(9)8-14/h1-4,11H,5-8H2,(H,15,16)(H,17,18)/t11-/m0/s1. The van der Waals surface area contributed by atoms with Gasteiger partial charge in [0.15, 0.2) is 0 Å². The van der Waals surface area contributed by atoms with E-state index < -0.39 is 18.0 Å². The minimum atomic E-state index is -0.960. The molecule has 1 heterocycles. The lowest BCUT2D eigenvalue weighted by Gasteiger charge is -2.23. The SMILES string of the molecule is O=C(O)CC[C@@H](C(=O)O)N1Cc2ccccc2C1. The maximum absolute atomic E-state index is 11.2. The third-order valence-electron chi connectivity index (χ3n) is 3.22. The van der Waals surface area contributed by atoms with E-state index in [4.69, 9.17) is 5.11 Å². The van der Waals surface area contributed by atoms with Crippen molar-refractivity contribution in [2.75, 3.05) is 0 Å². The Morgan fingerprint density at radius 3 is 2.17 bits per heavy atom. The first-order chi connectivity index (χ1) is 8.58. The molecular weight excluding hydrogens is 234 g/mol. The molecule has 0 radical (unpaired) electrons. The summed E-state index contributed by atoms with van der Waals surface area (Å²) in [6.45, 7) is 1.15. The lowest BCUT2D eigenvalue weighted by Crippen LogP contribution is -2.38. The van der Waals surface area contributed by atoms with Crippen molar-refractivity contribution in [1.82, 2.24) is 4.90 Å².